The van der Waals surface area contributed by atoms with Crippen LogP contribution in [0.5, 0.6) is 0 Å². The van der Waals surface area contributed by atoms with E-state index in [-0.39, 0.29) is 6.09 Å². The van der Waals surface area contributed by atoms with Crippen LogP contribution in [0.4, 0.5) is 10.5 Å². The van der Waals surface area contributed by atoms with Crippen LogP contribution in [0.15, 0.2) is 22.1 Å². The van der Waals surface area contributed by atoms with Crippen LogP contribution in [0.1, 0.15) is 31.9 Å². The Morgan fingerprint density at radius 3 is 2.52 bits per heavy atom. The van der Waals surface area contributed by atoms with E-state index >= 15 is 0 Å². The summed E-state index contributed by atoms with van der Waals surface area (Å²) in [5.74, 6) is 0. The molecule has 1 amide bonds. The summed E-state index contributed by atoms with van der Waals surface area (Å²) in [5.41, 5.74) is 10.9. The molecule has 8 heteroatoms. The van der Waals surface area contributed by atoms with Gasteiger partial charge in [0.25, 0.3) is 0 Å². The molecule has 0 atom stereocenters. The number of amides is 1. The van der Waals surface area contributed by atoms with Crippen LogP contribution in [0.3, 0.4) is 0 Å². The minimum atomic E-state index is -0.476. The molecule has 25 heavy (non-hydrogen) atoms. The molecule has 0 radical (unpaired) electrons. The number of piperazine rings is 1. The third kappa shape index (κ3) is 5.56. The van der Waals surface area contributed by atoms with Gasteiger partial charge in [0.2, 0.25) is 0 Å². The van der Waals surface area contributed by atoms with E-state index in [4.69, 9.17) is 10.3 Å². The van der Waals surface area contributed by atoms with E-state index in [9.17, 15) is 4.79 Å². The first-order valence-electron chi connectivity index (χ1n) is 8.27. The van der Waals surface area contributed by atoms with E-state index in [0.29, 0.717) is 18.8 Å². The highest BCUT2D eigenvalue weighted by atomic mass is 32.1. The van der Waals surface area contributed by atoms with Gasteiger partial charge in [0.1, 0.15) is 5.60 Å². The smallest absolute Gasteiger partial charge is 0.410 e. The SMILES string of the molecule is Cc1c(S)cc(N=[N+]=[N-])cc1CN1CCN(C(=O)OC(C)(C)C)CC1. The van der Waals surface area contributed by atoms with Crippen LogP contribution in [0, 0.1) is 6.92 Å². The summed E-state index contributed by atoms with van der Waals surface area (Å²) >= 11 is 4.46. The quantitative estimate of drug-likeness (QED) is 0.377. The molecule has 1 fully saturated rings. The standard InChI is InChI=1S/C17H25N5O2S/c1-12-13(9-14(19-20-18)10-15(12)25)11-21-5-7-22(8-6-21)16(23)24-17(2,3)4/h9-10,25H,5-8,11H2,1-4H3. The Balaban J connectivity index is 1.98. The van der Waals surface area contributed by atoms with Gasteiger partial charge in [-0.05, 0) is 56.5 Å². The van der Waals surface area contributed by atoms with Gasteiger partial charge in [0.15, 0.2) is 0 Å². The van der Waals surface area contributed by atoms with Crippen molar-refractivity contribution in [1.29, 1.82) is 0 Å². The molecule has 1 saturated heterocycles. The van der Waals surface area contributed by atoms with Crippen molar-refractivity contribution in [3.63, 3.8) is 0 Å². The average molecular weight is 363 g/mol. The first-order valence-corrected chi connectivity index (χ1v) is 8.72. The number of thiol groups is 1. The fourth-order valence-corrected chi connectivity index (χ4v) is 2.95. The van der Waals surface area contributed by atoms with Crippen molar-refractivity contribution in [2.75, 3.05) is 26.2 Å². The van der Waals surface area contributed by atoms with E-state index in [1.807, 2.05) is 33.8 Å². The normalized spacial score (nSPS) is 15.6. The van der Waals surface area contributed by atoms with Gasteiger partial charge in [-0.2, -0.15) is 0 Å². The first kappa shape index (κ1) is 19.4. The van der Waals surface area contributed by atoms with E-state index in [2.05, 4.69) is 27.6 Å². The molecule has 1 aliphatic rings. The van der Waals surface area contributed by atoms with Gasteiger partial charge in [-0.25, -0.2) is 4.79 Å². The van der Waals surface area contributed by atoms with Gasteiger partial charge < -0.3 is 9.64 Å². The van der Waals surface area contributed by atoms with Crippen molar-refractivity contribution in [2.45, 2.75) is 44.7 Å². The maximum Gasteiger partial charge on any atom is 0.410 e. The summed E-state index contributed by atoms with van der Waals surface area (Å²) in [6.45, 7) is 11.2. The van der Waals surface area contributed by atoms with Crippen LogP contribution in [0.25, 0.3) is 10.4 Å². The second-order valence-corrected chi connectivity index (χ2v) is 7.66. The zero-order chi connectivity index (χ0) is 18.6. The molecule has 1 aromatic rings. The second-order valence-electron chi connectivity index (χ2n) is 7.18. The zero-order valence-electron chi connectivity index (χ0n) is 15.2. The molecular weight excluding hydrogens is 338 g/mol. The fourth-order valence-electron chi connectivity index (χ4n) is 2.67. The highest BCUT2D eigenvalue weighted by Gasteiger charge is 2.26. The number of benzene rings is 1. The average Bonchev–Trinajstić information content (AvgIpc) is 2.51. The molecule has 2 rings (SSSR count). The van der Waals surface area contributed by atoms with Crippen molar-refractivity contribution in [2.24, 2.45) is 5.11 Å². The molecule has 1 aliphatic heterocycles. The Morgan fingerprint density at radius 2 is 1.96 bits per heavy atom. The fraction of sp³-hybridized carbons (Fsp3) is 0.588. The molecule has 7 nitrogen and oxygen atoms in total. The summed E-state index contributed by atoms with van der Waals surface area (Å²) in [5, 5.41) is 3.68. The summed E-state index contributed by atoms with van der Waals surface area (Å²) in [7, 11) is 0. The summed E-state index contributed by atoms with van der Waals surface area (Å²) in [6.07, 6.45) is -0.258. The van der Waals surface area contributed by atoms with Gasteiger partial charge in [-0.15, -0.1) is 12.6 Å². The largest absolute Gasteiger partial charge is 0.444 e. The van der Waals surface area contributed by atoms with E-state index in [1.165, 1.54) is 0 Å². The number of ether oxygens (including phenoxy) is 1. The minimum Gasteiger partial charge on any atom is -0.444 e. The van der Waals surface area contributed by atoms with Crippen molar-refractivity contribution >= 4 is 24.4 Å². The predicted octanol–water partition coefficient (Wildman–Crippen LogP) is 4.28. The maximum atomic E-state index is 12.1. The number of hydrogen-bond acceptors (Lipinski definition) is 5. The Bertz CT molecular complexity index is 687. The maximum absolute atomic E-state index is 12.1. The molecule has 0 unspecified atom stereocenters. The lowest BCUT2D eigenvalue weighted by Crippen LogP contribution is -2.49. The van der Waals surface area contributed by atoms with E-state index < -0.39 is 5.60 Å². The second kappa shape index (κ2) is 7.99. The lowest BCUT2D eigenvalue weighted by Gasteiger charge is -2.35. The third-order valence-electron chi connectivity index (χ3n) is 4.05. The van der Waals surface area contributed by atoms with Gasteiger partial charge in [-0.1, -0.05) is 5.11 Å². The number of azide groups is 1. The van der Waals surface area contributed by atoms with Gasteiger partial charge in [0, 0.05) is 48.2 Å². The molecule has 0 spiro atoms. The Hall–Kier alpha value is -1.89. The zero-order valence-corrected chi connectivity index (χ0v) is 16.1. The van der Waals surface area contributed by atoms with Crippen molar-refractivity contribution in [3.8, 4) is 0 Å². The van der Waals surface area contributed by atoms with Crippen LogP contribution in [-0.2, 0) is 11.3 Å². The number of rotatable bonds is 3. The minimum absolute atomic E-state index is 0.258. The van der Waals surface area contributed by atoms with Crippen LogP contribution in [-0.4, -0.2) is 47.7 Å². The monoisotopic (exact) mass is 363 g/mol. The lowest BCUT2D eigenvalue weighted by atomic mass is 10.1. The lowest BCUT2D eigenvalue weighted by molar-refractivity contribution is 0.0139. The van der Waals surface area contributed by atoms with Crippen LogP contribution < -0.4 is 0 Å². The third-order valence-corrected chi connectivity index (χ3v) is 4.52. The van der Waals surface area contributed by atoms with Crippen molar-refractivity contribution < 1.29 is 9.53 Å². The summed E-state index contributed by atoms with van der Waals surface area (Å²) in [6, 6.07) is 3.66. The van der Waals surface area contributed by atoms with Crippen molar-refractivity contribution in [3.05, 3.63) is 33.7 Å². The Labute approximate surface area is 154 Å². The summed E-state index contributed by atoms with van der Waals surface area (Å²) in [4.78, 5) is 19.8. The molecule has 0 N–H and O–H groups in total. The van der Waals surface area contributed by atoms with Crippen LogP contribution >= 0.6 is 12.6 Å². The number of nitrogens with zero attached hydrogens (tertiary/aromatic N) is 5. The molecule has 1 aromatic carbocycles. The van der Waals surface area contributed by atoms with Crippen molar-refractivity contribution in [1.82, 2.24) is 9.80 Å². The van der Waals surface area contributed by atoms with E-state index in [0.717, 1.165) is 35.7 Å². The Kier molecular flexibility index (Phi) is 6.21. The summed E-state index contributed by atoms with van der Waals surface area (Å²) < 4.78 is 5.42. The first-order chi connectivity index (χ1) is 11.7. The number of carbonyl (C=O) groups is 1. The molecular formula is C17H25N5O2S. The van der Waals surface area contributed by atoms with E-state index in [1.54, 1.807) is 11.0 Å². The topological polar surface area (TPSA) is 81.5 Å². The molecule has 136 valence electrons. The number of hydrogen-bond donors (Lipinski definition) is 1. The molecule has 0 bridgehead atoms. The molecule has 0 saturated carbocycles. The highest BCUT2D eigenvalue weighted by molar-refractivity contribution is 7.80. The highest BCUT2D eigenvalue weighted by Crippen LogP contribution is 2.26. The molecule has 0 aliphatic carbocycles. The van der Waals surface area contributed by atoms with Gasteiger partial charge in [-0.3, -0.25) is 4.90 Å². The van der Waals surface area contributed by atoms with Crippen LogP contribution in [0.2, 0.25) is 0 Å². The predicted molar refractivity (Wildman–Crippen MR) is 100 cm³/mol. The number of carbonyl (C=O) groups excluding carboxylic acids is 1. The molecule has 1 heterocycles. The Morgan fingerprint density at radius 1 is 1.32 bits per heavy atom. The van der Waals surface area contributed by atoms with Gasteiger partial charge >= 0.3 is 6.09 Å². The van der Waals surface area contributed by atoms with Gasteiger partial charge in [0.05, 0.1) is 0 Å². The molecule has 0 aromatic heterocycles.